The van der Waals surface area contributed by atoms with Crippen LogP contribution >= 0.6 is 24.0 Å². The smallest absolute Gasteiger partial charge is 0.135 e. The van der Waals surface area contributed by atoms with Gasteiger partial charge in [0, 0.05) is 35.6 Å². The van der Waals surface area contributed by atoms with Crippen molar-refractivity contribution in [3.05, 3.63) is 78.5 Å². The largest absolute Gasteiger partial charge is 0.497 e. The fourth-order valence-electron chi connectivity index (χ4n) is 4.79. The predicted octanol–water partition coefficient (Wildman–Crippen LogP) is 7.78. The molecule has 0 atom stereocenters. The number of nitrogens with one attached hydrogen (secondary N) is 3. The van der Waals surface area contributed by atoms with E-state index in [0.717, 1.165) is 34.5 Å². The Hall–Kier alpha value is -3.86. The molecule has 0 radical (unpaired) electrons. The quantitative estimate of drug-likeness (QED) is 0.141. The molecule has 236 valence electrons. The number of anilines is 5. The van der Waals surface area contributed by atoms with Gasteiger partial charge < -0.3 is 31.2 Å². The summed E-state index contributed by atoms with van der Waals surface area (Å²) in [4.78, 5) is 16.4. The van der Waals surface area contributed by atoms with Gasteiger partial charge in [-0.3, -0.25) is 0 Å². The van der Waals surface area contributed by atoms with Crippen molar-refractivity contribution in [2.75, 3.05) is 30.2 Å². The Labute approximate surface area is 271 Å². The second-order valence-electron chi connectivity index (χ2n) is 10.4. The Balaban J connectivity index is 0.000000203. The van der Waals surface area contributed by atoms with Crippen LogP contribution in [-0.4, -0.2) is 46.2 Å². The summed E-state index contributed by atoms with van der Waals surface area (Å²) in [6.45, 7) is 0. The van der Waals surface area contributed by atoms with Gasteiger partial charge >= 0.3 is 0 Å². The molecule has 0 aliphatic heterocycles. The normalized spacial score (nSPS) is 14.2. The first-order valence-electron chi connectivity index (χ1n) is 14.6. The fraction of sp³-hybridized carbons (Fsp3) is 0.375. The number of ether oxygens (including phenoxy) is 2. The molecular formula is C32H42Cl2N8O2. The summed E-state index contributed by atoms with van der Waals surface area (Å²) >= 11 is 5.75. The SMILES string of the molecule is COc1ccc(Nc2cc(Cl)ncn2)cc1.COc1ccc(Nc2cc(NC3CCCC3)ncn2)cc1.Cl.NC1CCCC1. The fourth-order valence-corrected chi connectivity index (χ4v) is 4.93. The highest BCUT2D eigenvalue weighted by Crippen LogP contribution is 2.24. The molecule has 12 heteroatoms. The van der Waals surface area contributed by atoms with Crippen LogP contribution in [-0.2, 0) is 0 Å². The predicted molar refractivity (Wildman–Crippen MR) is 181 cm³/mol. The number of benzene rings is 2. The van der Waals surface area contributed by atoms with E-state index in [1.165, 1.54) is 57.7 Å². The monoisotopic (exact) mass is 640 g/mol. The molecule has 2 aromatic heterocycles. The van der Waals surface area contributed by atoms with E-state index >= 15 is 0 Å². The summed E-state index contributed by atoms with van der Waals surface area (Å²) < 4.78 is 10.2. The minimum atomic E-state index is 0. The minimum absolute atomic E-state index is 0. The molecule has 2 aromatic carbocycles. The molecular weight excluding hydrogens is 599 g/mol. The van der Waals surface area contributed by atoms with Crippen molar-refractivity contribution in [2.45, 2.75) is 63.5 Å². The van der Waals surface area contributed by atoms with E-state index in [1.54, 1.807) is 26.6 Å². The summed E-state index contributed by atoms with van der Waals surface area (Å²) in [6, 6.07) is 20.0. The third kappa shape index (κ3) is 12.0. The molecule has 10 nitrogen and oxygen atoms in total. The molecule has 4 aromatic rings. The number of rotatable bonds is 8. The van der Waals surface area contributed by atoms with Crippen molar-refractivity contribution in [3.63, 3.8) is 0 Å². The van der Waals surface area contributed by atoms with Gasteiger partial charge in [0.2, 0.25) is 0 Å². The van der Waals surface area contributed by atoms with E-state index in [9.17, 15) is 0 Å². The van der Waals surface area contributed by atoms with Crippen LogP contribution in [0, 0.1) is 0 Å². The number of hydrogen-bond donors (Lipinski definition) is 4. The van der Waals surface area contributed by atoms with Gasteiger partial charge in [-0.15, -0.1) is 12.4 Å². The molecule has 0 unspecified atom stereocenters. The van der Waals surface area contributed by atoms with Crippen molar-refractivity contribution in [3.8, 4) is 11.5 Å². The van der Waals surface area contributed by atoms with Crippen molar-refractivity contribution in [1.82, 2.24) is 19.9 Å². The topological polar surface area (TPSA) is 132 Å². The Bertz CT molecular complexity index is 1370. The van der Waals surface area contributed by atoms with Gasteiger partial charge in [0.25, 0.3) is 0 Å². The first-order valence-corrected chi connectivity index (χ1v) is 15.0. The molecule has 5 N–H and O–H groups in total. The lowest BCUT2D eigenvalue weighted by molar-refractivity contribution is 0.415. The van der Waals surface area contributed by atoms with Crippen LogP contribution < -0.4 is 31.2 Å². The standard InChI is InChI=1S/C16H20N4O.C11H10ClN3O.C5H11N.ClH/c1-21-14-8-6-13(7-9-14)20-16-10-15(17-11-18-16)19-12-4-2-3-5-12;1-16-9-4-2-8(3-5-9)15-11-6-10(12)13-7-14-11;6-5-3-1-2-4-5;/h6-12H,2-5H2,1H3,(H2,17,18,19,20);2-7H,1H3,(H,13,14,15);5H,1-4,6H2;1H. The summed E-state index contributed by atoms with van der Waals surface area (Å²) in [5.74, 6) is 3.98. The molecule has 2 aliphatic carbocycles. The lowest BCUT2D eigenvalue weighted by atomic mass is 10.2. The zero-order valence-corrected chi connectivity index (χ0v) is 26.8. The Kier molecular flexibility index (Phi) is 14.7. The zero-order chi connectivity index (χ0) is 30.3. The molecule has 0 amide bonds. The van der Waals surface area contributed by atoms with Crippen molar-refractivity contribution in [1.29, 1.82) is 0 Å². The van der Waals surface area contributed by atoms with E-state index in [4.69, 9.17) is 26.8 Å². The summed E-state index contributed by atoms with van der Waals surface area (Å²) in [5.41, 5.74) is 7.42. The number of hydrogen-bond acceptors (Lipinski definition) is 10. The first-order chi connectivity index (χ1) is 21.0. The van der Waals surface area contributed by atoms with Gasteiger partial charge in [-0.05, 0) is 74.2 Å². The Morgan fingerprint density at radius 3 is 1.57 bits per heavy atom. The summed E-state index contributed by atoms with van der Waals surface area (Å²) in [5, 5.41) is 10.3. The molecule has 2 fully saturated rings. The second kappa shape index (κ2) is 18.7. The van der Waals surface area contributed by atoms with Crippen molar-refractivity contribution < 1.29 is 9.47 Å². The maximum absolute atomic E-state index is 5.75. The maximum atomic E-state index is 5.75. The molecule has 0 bridgehead atoms. The summed E-state index contributed by atoms with van der Waals surface area (Å²) in [6.07, 6.45) is 13.3. The van der Waals surface area contributed by atoms with Crippen LogP contribution in [0.1, 0.15) is 51.4 Å². The van der Waals surface area contributed by atoms with E-state index < -0.39 is 0 Å². The van der Waals surface area contributed by atoms with Gasteiger partial charge in [0.15, 0.2) is 0 Å². The molecule has 2 aliphatic rings. The lowest BCUT2D eigenvalue weighted by Crippen LogP contribution is -2.15. The molecule has 44 heavy (non-hydrogen) atoms. The van der Waals surface area contributed by atoms with Gasteiger partial charge in [-0.25, -0.2) is 19.9 Å². The molecule has 0 saturated heterocycles. The van der Waals surface area contributed by atoms with Crippen LogP contribution in [0.25, 0.3) is 0 Å². The van der Waals surface area contributed by atoms with Crippen LogP contribution in [0.5, 0.6) is 11.5 Å². The van der Waals surface area contributed by atoms with Crippen LogP contribution in [0.15, 0.2) is 73.3 Å². The minimum Gasteiger partial charge on any atom is -0.497 e. The maximum Gasteiger partial charge on any atom is 0.135 e. The van der Waals surface area contributed by atoms with E-state index in [0.29, 0.717) is 23.1 Å². The van der Waals surface area contributed by atoms with E-state index in [-0.39, 0.29) is 12.4 Å². The Morgan fingerprint density at radius 1 is 0.659 bits per heavy atom. The molecule has 6 rings (SSSR count). The highest BCUT2D eigenvalue weighted by Gasteiger charge is 2.15. The number of nitrogens with zero attached hydrogens (tertiary/aromatic N) is 4. The third-order valence-corrected chi connectivity index (χ3v) is 7.34. The van der Waals surface area contributed by atoms with Crippen LogP contribution in [0.3, 0.4) is 0 Å². The van der Waals surface area contributed by atoms with Gasteiger partial charge in [-0.1, -0.05) is 37.3 Å². The molecule has 2 saturated carbocycles. The first kappa shape index (κ1) is 34.6. The van der Waals surface area contributed by atoms with E-state index in [2.05, 4.69) is 35.9 Å². The van der Waals surface area contributed by atoms with Crippen molar-refractivity contribution >= 4 is 52.8 Å². The van der Waals surface area contributed by atoms with Crippen molar-refractivity contribution in [2.24, 2.45) is 5.73 Å². The molecule has 0 spiro atoms. The number of aromatic nitrogens is 4. The van der Waals surface area contributed by atoms with Gasteiger partial charge in [0.1, 0.15) is 46.8 Å². The average molecular weight is 642 g/mol. The highest BCUT2D eigenvalue weighted by molar-refractivity contribution is 6.29. The Morgan fingerprint density at radius 2 is 1.11 bits per heavy atom. The number of halogens is 2. The van der Waals surface area contributed by atoms with Gasteiger partial charge in [0.05, 0.1) is 14.2 Å². The van der Waals surface area contributed by atoms with Crippen LogP contribution in [0.2, 0.25) is 5.15 Å². The molecule has 2 heterocycles. The number of nitrogens with two attached hydrogens (primary N) is 1. The third-order valence-electron chi connectivity index (χ3n) is 7.13. The zero-order valence-electron chi connectivity index (χ0n) is 25.2. The van der Waals surface area contributed by atoms with E-state index in [1.807, 2.05) is 54.6 Å². The second-order valence-corrected chi connectivity index (χ2v) is 10.8. The lowest BCUT2D eigenvalue weighted by Gasteiger charge is -2.13. The average Bonchev–Trinajstić information content (AvgIpc) is 3.73. The van der Waals surface area contributed by atoms with Gasteiger partial charge in [-0.2, -0.15) is 0 Å². The van der Waals surface area contributed by atoms with Crippen LogP contribution in [0.4, 0.5) is 28.8 Å². The highest BCUT2D eigenvalue weighted by atomic mass is 35.5. The number of methoxy groups -OCH3 is 2. The summed E-state index contributed by atoms with van der Waals surface area (Å²) in [7, 11) is 3.29.